The number of hydrogen-bond donors (Lipinski definition) is 2. The normalized spacial score (nSPS) is 22.6. The van der Waals surface area contributed by atoms with Crippen LogP contribution in [0.3, 0.4) is 0 Å². The Balaban J connectivity index is 2.05. The minimum atomic E-state index is -0.0678. The first-order valence-electron chi connectivity index (χ1n) is 7.36. The second kappa shape index (κ2) is 6.70. The Morgan fingerprint density at radius 3 is 2.65 bits per heavy atom. The molecule has 5 heteroatoms. The summed E-state index contributed by atoms with van der Waals surface area (Å²) in [4.78, 5) is 18.3. The molecule has 1 fully saturated rings. The van der Waals surface area contributed by atoms with E-state index in [1.807, 2.05) is 12.1 Å². The van der Waals surface area contributed by atoms with Gasteiger partial charge in [-0.3, -0.25) is 4.79 Å². The number of carbonyl (C=O) groups is 1. The molecule has 110 valence electrons. The summed E-state index contributed by atoms with van der Waals surface area (Å²) < 4.78 is 0. The van der Waals surface area contributed by atoms with Crippen LogP contribution in [0.25, 0.3) is 0 Å². The molecule has 2 atom stereocenters. The smallest absolute Gasteiger partial charge is 0.225 e. The van der Waals surface area contributed by atoms with E-state index in [2.05, 4.69) is 29.0 Å². The van der Waals surface area contributed by atoms with E-state index in [0.29, 0.717) is 25.0 Å². The summed E-state index contributed by atoms with van der Waals surface area (Å²) >= 11 is 0. The van der Waals surface area contributed by atoms with Crippen LogP contribution >= 0.6 is 0 Å². The highest BCUT2D eigenvalue weighted by molar-refractivity contribution is 5.90. The molecule has 1 aliphatic rings. The third kappa shape index (κ3) is 3.48. The van der Waals surface area contributed by atoms with Crippen LogP contribution in [-0.4, -0.2) is 29.5 Å². The van der Waals surface area contributed by atoms with Crippen molar-refractivity contribution in [3.8, 4) is 0 Å². The van der Waals surface area contributed by atoms with E-state index in [4.69, 9.17) is 5.73 Å². The predicted molar refractivity (Wildman–Crippen MR) is 81.8 cm³/mol. The van der Waals surface area contributed by atoms with Crippen LogP contribution in [0.15, 0.2) is 18.3 Å². The van der Waals surface area contributed by atoms with Gasteiger partial charge in [-0.2, -0.15) is 0 Å². The van der Waals surface area contributed by atoms with Crippen LogP contribution in [0.2, 0.25) is 0 Å². The zero-order chi connectivity index (χ0) is 14.5. The Kier molecular flexibility index (Phi) is 4.95. The fourth-order valence-electron chi connectivity index (χ4n) is 2.84. The van der Waals surface area contributed by atoms with Crippen LogP contribution in [0.4, 0.5) is 11.5 Å². The van der Waals surface area contributed by atoms with E-state index in [1.165, 1.54) is 19.3 Å². The van der Waals surface area contributed by atoms with E-state index in [1.54, 1.807) is 6.20 Å². The topological polar surface area (TPSA) is 71.2 Å². The van der Waals surface area contributed by atoms with Crippen molar-refractivity contribution in [3.05, 3.63) is 18.3 Å². The van der Waals surface area contributed by atoms with E-state index in [0.717, 1.165) is 11.5 Å². The Bertz CT molecular complexity index is 436. The molecule has 0 aliphatic carbocycles. The monoisotopic (exact) mass is 276 g/mol. The van der Waals surface area contributed by atoms with E-state index in [9.17, 15) is 4.79 Å². The van der Waals surface area contributed by atoms with Crippen molar-refractivity contribution < 1.29 is 4.79 Å². The largest absolute Gasteiger partial charge is 0.351 e. The summed E-state index contributed by atoms with van der Waals surface area (Å²) in [5.74, 6) is 0.920. The highest BCUT2D eigenvalue weighted by Gasteiger charge is 2.25. The van der Waals surface area contributed by atoms with Gasteiger partial charge in [0.2, 0.25) is 5.91 Å². The highest BCUT2D eigenvalue weighted by Crippen LogP contribution is 2.28. The molecule has 1 aromatic heterocycles. The van der Waals surface area contributed by atoms with Gasteiger partial charge in [-0.15, -0.1) is 0 Å². The third-order valence-corrected chi connectivity index (χ3v) is 3.86. The molecule has 1 aromatic rings. The lowest BCUT2D eigenvalue weighted by Gasteiger charge is -2.40. The maximum atomic E-state index is 11.5. The maximum absolute atomic E-state index is 11.5. The first-order valence-corrected chi connectivity index (χ1v) is 7.36. The van der Waals surface area contributed by atoms with Gasteiger partial charge in [0.05, 0.1) is 11.9 Å². The van der Waals surface area contributed by atoms with E-state index < -0.39 is 0 Å². The number of carbonyl (C=O) groups excluding carboxylic acids is 1. The molecule has 5 nitrogen and oxygen atoms in total. The molecular formula is C15H24N4O. The molecule has 2 unspecified atom stereocenters. The molecule has 1 saturated heterocycles. The van der Waals surface area contributed by atoms with Crippen molar-refractivity contribution in [1.29, 1.82) is 0 Å². The van der Waals surface area contributed by atoms with Crippen molar-refractivity contribution in [2.24, 2.45) is 5.73 Å². The van der Waals surface area contributed by atoms with Crippen LogP contribution in [0.1, 0.15) is 39.5 Å². The fraction of sp³-hybridized carbons (Fsp3) is 0.600. The molecule has 20 heavy (non-hydrogen) atoms. The molecule has 0 spiro atoms. The molecule has 0 aromatic carbocycles. The first-order chi connectivity index (χ1) is 9.61. The number of aromatic nitrogens is 1. The number of hydrogen-bond acceptors (Lipinski definition) is 4. The van der Waals surface area contributed by atoms with Crippen molar-refractivity contribution >= 4 is 17.4 Å². The van der Waals surface area contributed by atoms with Crippen LogP contribution in [0, 0.1) is 0 Å². The Hall–Kier alpha value is -1.62. The minimum absolute atomic E-state index is 0.0678. The van der Waals surface area contributed by atoms with E-state index in [-0.39, 0.29) is 5.91 Å². The summed E-state index contributed by atoms with van der Waals surface area (Å²) in [5, 5.41) is 2.80. The van der Waals surface area contributed by atoms with Crippen LogP contribution in [-0.2, 0) is 4.79 Å². The quantitative estimate of drug-likeness (QED) is 0.884. The molecule has 2 rings (SSSR count). The lowest BCUT2D eigenvalue weighted by Crippen LogP contribution is -2.44. The second-order valence-corrected chi connectivity index (χ2v) is 5.53. The van der Waals surface area contributed by atoms with Gasteiger partial charge in [-0.1, -0.05) is 0 Å². The zero-order valence-electron chi connectivity index (χ0n) is 12.3. The first kappa shape index (κ1) is 14.8. The van der Waals surface area contributed by atoms with Gasteiger partial charge in [-0.25, -0.2) is 4.98 Å². The van der Waals surface area contributed by atoms with Gasteiger partial charge in [0.1, 0.15) is 5.82 Å². The van der Waals surface area contributed by atoms with Gasteiger partial charge in [-0.05, 0) is 45.2 Å². The second-order valence-electron chi connectivity index (χ2n) is 5.53. The summed E-state index contributed by atoms with van der Waals surface area (Å²) in [7, 11) is 0. The van der Waals surface area contributed by atoms with E-state index >= 15 is 0 Å². The SMILES string of the molecule is CC1CCCC(C)N1c1ccc(NC(=O)CCN)cn1. The summed E-state index contributed by atoms with van der Waals surface area (Å²) in [6.07, 6.45) is 5.76. The van der Waals surface area contributed by atoms with Gasteiger partial charge >= 0.3 is 0 Å². The average Bonchev–Trinajstić information content (AvgIpc) is 2.40. The number of pyridine rings is 1. The number of nitrogens with two attached hydrogens (primary N) is 1. The lowest BCUT2D eigenvalue weighted by molar-refractivity contribution is -0.116. The minimum Gasteiger partial charge on any atom is -0.351 e. The summed E-state index contributed by atoms with van der Waals surface area (Å²) in [5.41, 5.74) is 6.08. The molecule has 2 heterocycles. The van der Waals surface area contributed by atoms with Gasteiger partial charge in [0, 0.05) is 25.0 Å². The Labute approximate surface area is 120 Å². The van der Waals surface area contributed by atoms with Crippen LogP contribution < -0.4 is 16.0 Å². The standard InChI is InChI=1S/C15H24N4O/c1-11-4-3-5-12(2)19(11)14-7-6-13(10-17-14)18-15(20)8-9-16/h6-7,10-12H,3-5,8-9,16H2,1-2H3,(H,18,20). The van der Waals surface area contributed by atoms with Crippen molar-refractivity contribution in [3.63, 3.8) is 0 Å². The molecule has 0 saturated carbocycles. The van der Waals surface area contributed by atoms with Crippen molar-refractivity contribution in [2.75, 3.05) is 16.8 Å². The molecule has 1 aliphatic heterocycles. The summed E-state index contributed by atoms with van der Waals surface area (Å²) in [6, 6.07) is 4.93. The highest BCUT2D eigenvalue weighted by atomic mass is 16.1. The number of nitrogens with one attached hydrogen (secondary N) is 1. The number of anilines is 2. The van der Waals surface area contributed by atoms with Gasteiger partial charge in [0.15, 0.2) is 0 Å². The van der Waals surface area contributed by atoms with Crippen molar-refractivity contribution in [1.82, 2.24) is 4.98 Å². The molecule has 3 N–H and O–H groups in total. The number of piperidine rings is 1. The summed E-state index contributed by atoms with van der Waals surface area (Å²) in [6.45, 7) is 4.85. The molecule has 0 bridgehead atoms. The fourth-order valence-corrected chi connectivity index (χ4v) is 2.84. The predicted octanol–water partition coefficient (Wildman–Crippen LogP) is 2.14. The molecule has 1 amide bonds. The number of amides is 1. The molecule has 0 radical (unpaired) electrons. The van der Waals surface area contributed by atoms with Gasteiger partial charge in [0.25, 0.3) is 0 Å². The Morgan fingerprint density at radius 2 is 2.10 bits per heavy atom. The third-order valence-electron chi connectivity index (χ3n) is 3.86. The molecular weight excluding hydrogens is 252 g/mol. The number of rotatable bonds is 4. The zero-order valence-corrected chi connectivity index (χ0v) is 12.3. The average molecular weight is 276 g/mol. The lowest BCUT2D eigenvalue weighted by atomic mass is 9.97. The number of nitrogens with zero attached hydrogens (tertiary/aromatic N) is 2. The van der Waals surface area contributed by atoms with Crippen molar-refractivity contribution in [2.45, 2.75) is 51.6 Å². The maximum Gasteiger partial charge on any atom is 0.225 e. The Morgan fingerprint density at radius 1 is 1.40 bits per heavy atom. The van der Waals surface area contributed by atoms with Gasteiger partial charge < -0.3 is 16.0 Å². The van der Waals surface area contributed by atoms with Crippen LogP contribution in [0.5, 0.6) is 0 Å².